The van der Waals surface area contributed by atoms with Gasteiger partial charge in [0, 0.05) is 32.9 Å². The molecule has 0 aliphatic rings. The van der Waals surface area contributed by atoms with Crippen molar-refractivity contribution in [2.45, 2.75) is 251 Å². The summed E-state index contributed by atoms with van der Waals surface area (Å²) < 4.78 is 17.2. The summed E-state index contributed by atoms with van der Waals surface area (Å²) in [5.74, 6) is 0. The lowest BCUT2D eigenvalue weighted by Gasteiger charge is -2.39. The van der Waals surface area contributed by atoms with Crippen molar-refractivity contribution in [3.05, 3.63) is 0 Å². The van der Waals surface area contributed by atoms with Gasteiger partial charge in [0.2, 0.25) is 0 Å². The molecule has 0 aliphatic heterocycles. The van der Waals surface area contributed by atoms with Gasteiger partial charge in [-0.3, -0.25) is 4.90 Å². The van der Waals surface area contributed by atoms with Gasteiger partial charge >= 0.3 is 8.80 Å². The summed E-state index contributed by atoms with van der Waals surface area (Å²) in [7, 11) is 2.72. The van der Waals surface area contributed by atoms with Crippen LogP contribution in [0.4, 0.5) is 0 Å². The van der Waals surface area contributed by atoms with E-state index in [2.05, 4.69) is 32.6 Å². The molecule has 0 saturated carbocycles. The number of unbranched alkanes of at least 4 members (excludes halogenated alkanes) is 29. The first-order chi connectivity index (χ1) is 23.9. The van der Waals surface area contributed by atoms with Crippen LogP contribution >= 0.6 is 0 Å². The Morgan fingerprint density at radius 1 is 0.367 bits per heavy atom. The Hall–Kier alpha value is 0.0569. The van der Waals surface area contributed by atoms with Gasteiger partial charge in [-0.25, -0.2) is 0 Å². The molecule has 0 aromatic rings. The van der Waals surface area contributed by atoms with E-state index in [1.807, 2.05) is 0 Å². The van der Waals surface area contributed by atoms with E-state index >= 15 is 0 Å². The lowest BCUT2D eigenvalue weighted by atomic mass is 9.93. The molecule has 0 spiro atoms. The normalized spacial score (nSPS) is 12.5. The van der Waals surface area contributed by atoms with Gasteiger partial charge in [0.15, 0.2) is 0 Å². The van der Waals surface area contributed by atoms with Crippen LogP contribution in [0.15, 0.2) is 0 Å². The summed E-state index contributed by atoms with van der Waals surface area (Å²) in [6.07, 6.45) is 46.7. The first kappa shape index (κ1) is 49.1. The summed E-state index contributed by atoms with van der Waals surface area (Å²) in [4.78, 5) is 2.79. The fourth-order valence-electron chi connectivity index (χ4n) is 7.70. The quantitative estimate of drug-likeness (QED) is 0.0467. The van der Waals surface area contributed by atoms with Gasteiger partial charge in [-0.15, -0.1) is 0 Å². The zero-order valence-corrected chi connectivity index (χ0v) is 36.1. The average Bonchev–Trinajstić information content (AvgIpc) is 3.10. The molecule has 0 fully saturated rings. The molecule has 0 aromatic heterocycles. The van der Waals surface area contributed by atoms with Crippen molar-refractivity contribution in [3.63, 3.8) is 0 Å². The highest BCUT2D eigenvalue weighted by atomic mass is 28.4. The minimum absolute atomic E-state index is 0.240. The Bertz CT molecular complexity index is 633. The second-order valence-corrected chi connectivity index (χ2v) is 19.3. The number of hydrogen-bond acceptors (Lipinski definition) is 4. The van der Waals surface area contributed by atoms with Crippen LogP contribution in [0.5, 0.6) is 0 Å². The maximum Gasteiger partial charge on any atom is 0.500 e. The third kappa shape index (κ3) is 30.2. The molecular formula is C44H93NO3Si. The summed E-state index contributed by atoms with van der Waals surface area (Å²) >= 11 is 0. The molecule has 0 N–H and O–H groups in total. The lowest BCUT2D eigenvalue weighted by Crippen LogP contribution is -2.47. The molecule has 0 radical (unpaired) electrons. The van der Waals surface area contributed by atoms with Crippen LogP contribution < -0.4 is 0 Å². The minimum Gasteiger partial charge on any atom is -0.377 e. The van der Waals surface area contributed by atoms with Gasteiger partial charge in [-0.05, 0) is 46.2 Å². The fraction of sp³-hybridized carbons (Fsp3) is 1.00. The molecule has 5 heteroatoms. The highest BCUT2D eigenvalue weighted by molar-refractivity contribution is 6.60. The van der Waals surface area contributed by atoms with Gasteiger partial charge in [-0.1, -0.05) is 206 Å². The third-order valence-electron chi connectivity index (χ3n) is 11.4. The lowest BCUT2D eigenvalue weighted by molar-refractivity contribution is 0.0958. The number of hydrogen-bond donors (Lipinski definition) is 0. The van der Waals surface area contributed by atoms with E-state index in [0.717, 1.165) is 19.0 Å². The molecule has 49 heavy (non-hydrogen) atoms. The van der Waals surface area contributed by atoms with Crippen molar-refractivity contribution in [1.82, 2.24) is 4.90 Å². The first-order valence-electron chi connectivity index (χ1n) is 22.3. The predicted octanol–water partition coefficient (Wildman–Crippen LogP) is 14.9. The summed E-state index contributed by atoms with van der Waals surface area (Å²) in [5.41, 5.74) is 0.240. The van der Waals surface area contributed by atoms with Crippen LogP contribution in [-0.4, -0.2) is 53.7 Å². The Labute approximate surface area is 311 Å². The van der Waals surface area contributed by atoms with Crippen LogP contribution in [0.1, 0.15) is 240 Å². The van der Waals surface area contributed by atoms with Crippen molar-refractivity contribution >= 4 is 8.80 Å². The topological polar surface area (TPSA) is 30.9 Å². The molecule has 0 saturated heterocycles. The Morgan fingerprint density at radius 3 is 0.939 bits per heavy atom. The highest BCUT2D eigenvalue weighted by Gasteiger charge is 2.37. The molecule has 0 aromatic carbocycles. The monoisotopic (exact) mass is 712 g/mol. The Balaban J connectivity index is 4.23. The summed E-state index contributed by atoms with van der Waals surface area (Å²) in [5, 5.41) is 0. The molecule has 0 aliphatic carbocycles. The predicted molar refractivity (Wildman–Crippen MR) is 221 cm³/mol. The third-order valence-corrected chi connectivity index (χ3v) is 14.2. The Kier molecular flexibility index (Phi) is 36.5. The average molecular weight is 712 g/mol. The number of rotatable bonds is 41. The standard InChI is InChI=1S/C44H93NO3Si/c1-8-10-12-14-16-18-20-22-24-26-28-30-32-34-36-38-41-45(42-39-43-49(46-5,47-6)48-7)44(3,4)40-37-35-33-31-29-27-25-23-21-19-17-15-13-11-9-2/h8-43H2,1-7H3. The van der Waals surface area contributed by atoms with Gasteiger partial charge < -0.3 is 13.3 Å². The highest BCUT2D eigenvalue weighted by Crippen LogP contribution is 2.26. The van der Waals surface area contributed by atoms with Crippen molar-refractivity contribution in [1.29, 1.82) is 0 Å². The molecule has 0 heterocycles. The summed E-state index contributed by atoms with van der Waals surface area (Å²) in [6, 6.07) is 0.890. The van der Waals surface area contributed by atoms with Crippen LogP contribution in [0.2, 0.25) is 6.04 Å². The smallest absolute Gasteiger partial charge is 0.377 e. The van der Waals surface area contributed by atoms with Gasteiger partial charge in [0.05, 0.1) is 0 Å². The van der Waals surface area contributed by atoms with Crippen LogP contribution in [0.3, 0.4) is 0 Å². The molecule has 0 amide bonds. The summed E-state index contributed by atoms with van der Waals surface area (Å²) in [6.45, 7) is 11.9. The first-order valence-corrected chi connectivity index (χ1v) is 24.2. The van der Waals surface area contributed by atoms with Crippen LogP contribution in [-0.2, 0) is 13.3 Å². The molecule has 0 bridgehead atoms. The maximum atomic E-state index is 5.73. The zero-order chi connectivity index (χ0) is 36.2. The second-order valence-electron chi connectivity index (χ2n) is 16.2. The second kappa shape index (κ2) is 36.4. The fourth-order valence-corrected chi connectivity index (χ4v) is 9.40. The van der Waals surface area contributed by atoms with E-state index in [0.29, 0.717) is 0 Å². The molecule has 0 rings (SSSR count). The van der Waals surface area contributed by atoms with E-state index in [9.17, 15) is 0 Å². The molecular weight excluding hydrogens is 619 g/mol. The van der Waals surface area contributed by atoms with Crippen molar-refractivity contribution in [2.75, 3.05) is 34.4 Å². The van der Waals surface area contributed by atoms with E-state index in [1.165, 1.54) is 212 Å². The molecule has 0 unspecified atom stereocenters. The van der Waals surface area contributed by atoms with Crippen molar-refractivity contribution in [2.24, 2.45) is 0 Å². The van der Waals surface area contributed by atoms with E-state index < -0.39 is 8.80 Å². The van der Waals surface area contributed by atoms with Gasteiger partial charge in [0.1, 0.15) is 0 Å². The molecule has 296 valence electrons. The van der Waals surface area contributed by atoms with Gasteiger partial charge in [0.25, 0.3) is 0 Å². The largest absolute Gasteiger partial charge is 0.500 e. The van der Waals surface area contributed by atoms with Crippen molar-refractivity contribution in [3.8, 4) is 0 Å². The van der Waals surface area contributed by atoms with Crippen molar-refractivity contribution < 1.29 is 13.3 Å². The molecule has 0 atom stereocenters. The Morgan fingerprint density at radius 2 is 0.633 bits per heavy atom. The van der Waals surface area contributed by atoms with Gasteiger partial charge in [-0.2, -0.15) is 0 Å². The van der Waals surface area contributed by atoms with E-state index in [1.54, 1.807) is 21.3 Å². The SMILES string of the molecule is CCCCCCCCCCCCCCCCCCN(CCC[Si](OC)(OC)OC)C(C)(C)CCCCCCCCCCCCCCCCC. The minimum atomic E-state index is -2.51. The maximum absolute atomic E-state index is 5.73. The van der Waals surface area contributed by atoms with E-state index in [-0.39, 0.29) is 5.54 Å². The van der Waals surface area contributed by atoms with E-state index in [4.69, 9.17) is 13.3 Å². The van der Waals surface area contributed by atoms with Crippen LogP contribution in [0.25, 0.3) is 0 Å². The molecule has 4 nitrogen and oxygen atoms in total. The van der Waals surface area contributed by atoms with Crippen LogP contribution in [0, 0.1) is 0 Å². The zero-order valence-electron chi connectivity index (χ0n) is 35.1. The number of nitrogens with zero attached hydrogens (tertiary/aromatic N) is 1.